The van der Waals surface area contributed by atoms with Gasteiger partial charge in [0.15, 0.2) is 0 Å². The first-order valence-corrected chi connectivity index (χ1v) is 15.6. The first-order chi connectivity index (χ1) is 22.4. The monoisotopic (exact) mass is 607 g/mol. The Hall–Kier alpha value is -5.40. The third-order valence-electron chi connectivity index (χ3n) is 8.86. The fraction of sp³-hybridized carbons (Fsp3) is 0.179. The van der Waals surface area contributed by atoms with E-state index in [0.29, 0.717) is 17.7 Å². The number of aromatic nitrogens is 2. The number of benzene rings is 4. The van der Waals surface area contributed by atoms with Gasteiger partial charge in [0.2, 0.25) is 0 Å². The molecule has 1 aliphatic rings. The van der Waals surface area contributed by atoms with Gasteiger partial charge < -0.3 is 19.4 Å². The summed E-state index contributed by atoms with van der Waals surface area (Å²) in [6.45, 7) is 3.31. The molecule has 0 unspecified atom stereocenters. The normalized spacial score (nSPS) is 14.4. The number of amides is 2. The van der Waals surface area contributed by atoms with Crippen molar-refractivity contribution in [3.8, 4) is 5.69 Å². The van der Waals surface area contributed by atoms with E-state index in [0.717, 1.165) is 46.6 Å². The fourth-order valence-electron chi connectivity index (χ4n) is 6.64. The van der Waals surface area contributed by atoms with Crippen LogP contribution in [0.25, 0.3) is 16.6 Å². The molecule has 1 N–H and O–H groups in total. The van der Waals surface area contributed by atoms with Crippen molar-refractivity contribution in [2.24, 2.45) is 0 Å². The summed E-state index contributed by atoms with van der Waals surface area (Å²) in [6, 6.07) is 35.8. The summed E-state index contributed by atoms with van der Waals surface area (Å²) in [6.07, 6.45) is 4.57. The Morgan fingerprint density at radius 3 is 2.37 bits per heavy atom. The molecule has 1 atom stereocenters. The van der Waals surface area contributed by atoms with E-state index in [1.54, 1.807) is 4.90 Å². The Balaban J connectivity index is 1.25. The van der Waals surface area contributed by atoms with Crippen molar-refractivity contribution in [2.75, 3.05) is 25.5 Å². The molecule has 0 saturated carbocycles. The Morgan fingerprint density at radius 2 is 1.57 bits per heavy atom. The number of hydrogen-bond acceptors (Lipinski definition) is 3. The van der Waals surface area contributed by atoms with Crippen molar-refractivity contribution in [3.05, 3.63) is 150 Å². The Labute approximate surface area is 269 Å². The van der Waals surface area contributed by atoms with Crippen LogP contribution in [0.4, 0.5) is 11.4 Å². The third kappa shape index (κ3) is 5.50. The lowest BCUT2D eigenvalue weighted by molar-refractivity contribution is 0.0606. The minimum Gasteiger partial charge on any atom is -0.361 e. The smallest absolute Gasteiger partial charge is 0.264 e. The van der Waals surface area contributed by atoms with E-state index in [2.05, 4.69) is 28.1 Å². The van der Waals surface area contributed by atoms with Gasteiger partial charge >= 0.3 is 0 Å². The van der Waals surface area contributed by atoms with E-state index in [9.17, 15) is 9.59 Å². The second kappa shape index (κ2) is 12.2. The first kappa shape index (κ1) is 29.3. The zero-order valence-corrected chi connectivity index (χ0v) is 26.4. The van der Waals surface area contributed by atoms with Crippen LogP contribution in [0.1, 0.15) is 37.5 Å². The van der Waals surface area contributed by atoms with Crippen molar-refractivity contribution < 1.29 is 9.59 Å². The van der Waals surface area contributed by atoms with Gasteiger partial charge in [0.05, 0.1) is 22.5 Å². The van der Waals surface area contributed by atoms with Crippen LogP contribution in [-0.2, 0) is 13.0 Å². The number of nitrogens with zero attached hydrogens (tertiary/aromatic N) is 4. The van der Waals surface area contributed by atoms with Gasteiger partial charge in [-0.15, -0.1) is 0 Å². The van der Waals surface area contributed by atoms with Gasteiger partial charge in [-0.25, -0.2) is 0 Å². The van der Waals surface area contributed by atoms with Crippen molar-refractivity contribution in [3.63, 3.8) is 0 Å². The van der Waals surface area contributed by atoms with E-state index in [1.165, 1.54) is 11.1 Å². The molecular weight excluding hydrogens is 570 g/mol. The van der Waals surface area contributed by atoms with Crippen LogP contribution in [0.3, 0.4) is 0 Å². The predicted octanol–water partition coefficient (Wildman–Crippen LogP) is 7.37. The molecule has 0 saturated heterocycles. The van der Waals surface area contributed by atoms with Gasteiger partial charge in [-0.2, -0.15) is 0 Å². The molecule has 0 bridgehead atoms. The third-order valence-corrected chi connectivity index (χ3v) is 8.86. The molecular formula is C39H37N5O2. The standard InChI is InChI=1S/C39H37N5O2/c1-27-21-31(38(45)44(32-13-5-4-6-14-32)33-18-17-28-19-20-40-36(28)23-33)25-42(27)37-16-10-9-15-35(37)39(46)43-24-30-12-8-7-11-29(30)22-34(43)26-41(2)3/h4-21,23,25,34,40H,22,24,26H2,1-3H3/t34-/m0/s1. The maximum absolute atomic E-state index is 14.4. The summed E-state index contributed by atoms with van der Waals surface area (Å²) in [5.41, 5.74) is 7.76. The number of carbonyl (C=O) groups is 2. The molecule has 7 rings (SSSR count). The van der Waals surface area contributed by atoms with Crippen molar-refractivity contribution >= 4 is 34.1 Å². The number of aryl methyl sites for hydroxylation is 1. The van der Waals surface area contributed by atoms with E-state index in [1.807, 2.05) is 134 Å². The zero-order valence-electron chi connectivity index (χ0n) is 26.4. The molecule has 2 aromatic heterocycles. The number of H-pyrrole nitrogens is 1. The second-order valence-electron chi connectivity index (χ2n) is 12.3. The van der Waals surface area contributed by atoms with Gasteiger partial charge in [0.1, 0.15) is 0 Å². The van der Waals surface area contributed by atoms with Crippen molar-refractivity contribution in [1.29, 1.82) is 0 Å². The molecule has 0 spiro atoms. The van der Waals surface area contributed by atoms with E-state index >= 15 is 0 Å². The number of nitrogens with one attached hydrogen (secondary N) is 1. The first-order valence-electron chi connectivity index (χ1n) is 15.6. The summed E-state index contributed by atoms with van der Waals surface area (Å²) in [5, 5.41) is 1.08. The number of rotatable bonds is 7. The summed E-state index contributed by atoms with van der Waals surface area (Å²) in [7, 11) is 4.10. The quantitative estimate of drug-likeness (QED) is 0.206. The Kier molecular flexibility index (Phi) is 7.76. The van der Waals surface area contributed by atoms with E-state index in [-0.39, 0.29) is 17.9 Å². The van der Waals surface area contributed by atoms with Gasteiger partial charge in [0, 0.05) is 48.4 Å². The van der Waals surface area contributed by atoms with E-state index < -0.39 is 0 Å². The van der Waals surface area contributed by atoms with E-state index in [4.69, 9.17) is 0 Å². The van der Waals surface area contributed by atoms with Crippen LogP contribution in [0.2, 0.25) is 0 Å². The molecule has 0 aliphatic carbocycles. The summed E-state index contributed by atoms with van der Waals surface area (Å²) in [5.74, 6) is -0.162. The zero-order chi connectivity index (χ0) is 31.8. The highest BCUT2D eigenvalue weighted by Gasteiger charge is 2.32. The molecule has 4 aromatic carbocycles. The van der Waals surface area contributed by atoms with Gasteiger partial charge in [-0.1, -0.05) is 60.7 Å². The van der Waals surface area contributed by atoms with Crippen LogP contribution in [0, 0.1) is 6.92 Å². The molecule has 3 heterocycles. The minimum absolute atomic E-state index is 0.0110. The lowest BCUT2D eigenvalue weighted by Crippen LogP contribution is -2.49. The maximum Gasteiger partial charge on any atom is 0.264 e. The largest absolute Gasteiger partial charge is 0.361 e. The molecule has 2 amide bonds. The van der Waals surface area contributed by atoms with Crippen molar-refractivity contribution in [1.82, 2.24) is 19.4 Å². The fourth-order valence-corrected chi connectivity index (χ4v) is 6.64. The molecule has 46 heavy (non-hydrogen) atoms. The Bertz CT molecular complexity index is 2040. The molecule has 0 radical (unpaired) electrons. The average Bonchev–Trinajstić information content (AvgIpc) is 3.70. The maximum atomic E-state index is 14.4. The number of hydrogen-bond donors (Lipinski definition) is 1. The number of para-hydroxylation sites is 2. The highest BCUT2D eigenvalue weighted by Crippen LogP contribution is 2.32. The SMILES string of the molecule is Cc1cc(C(=O)N(c2ccccc2)c2ccc3cc[nH]c3c2)cn1-c1ccccc1C(=O)N1Cc2ccccc2C[C@H]1CN(C)C. The average molecular weight is 608 g/mol. The molecule has 230 valence electrons. The number of carbonyl (C=O) groups excluding carboxylic acids is 2. The minimum atomic E-state index is -0.151. The van der Waals surface area contributed by atoms with Gasteiger partial charge in [-0.05, 0) is 92.5 Å². The molecule has 7 heteroatoms. The second-order valence-corrected chi connectivity index (χ2v) is 12.3. The predicted molar refractivity (Wildman–Crippen MR) is 184 cm³/mol. The van der Waals surface area contributed by atoms with Gasteiger partial charge in [0.25, 0.3) is 11.8 Å². The lowest BCUT2D eigenvalue weighted by Gasteiger charge is -2.38. The van der Waals surface area contributed by atoms with Crippen LogP contribution >= 0.6 is 0 Å². The highest BCUT2D eigenvalue weighted by atomic mass is 16.2. The molecule has 6 aromatic rings. The Morgan fingerprint density at radius 1 is 0.826 bits per heavy atom. The number of aromatic amines is 1. The molecule has 1 aliphatic heterocycles. The molecule has 0 fully saturated rings. The van der Waals surface area contributed by atoms with Crippen LogP contribution in [-0.4, -0.2) is 57.8 Å². The number of fused-ring (bicyclic) bond motifs is 2. The van der Waals surface area contributed by atoms with Crippen LogP contribution < -0.4 is 4.90 Å². The van der Waals surface area contributed by atoms with Crippen LogP contribution in [0.5, 0.6) is 0 Å². The van der Waals surface area contributed by atoms with Crippen LogP contribution in [0.15, 0.2) is 122 Å². The van der Waals surface area contributed by atoms with Gasteiger partial charge in [-0.3, -0.25) is 14.5 Å². The molecule has 7 nitrogen and oxygen atoms in total. The summed E-state index contributed by atoms with van der Waals surface area (Å²) < 4.78 is 1.97. The lowest BCUT2D eigenvalue weighted by atomic mass is 9.93. The summed E-state index contributed by atoms with van der Waals surface area (Å²) in [4.78, 5) is 38.0. The van der Waals surface area contributed by atoms with Crippen molar-refractivity contribution in [2.45, 2.75) is 25.9 Å². The number of anilines is 2. The topological polar surface area (TPSA) is 64.6 Å². The summed E-state index contributed by atoms with van der Waals surface area (Å²) >= 11 is 0. The highest BCUT2D eigenvalue weighted by molar-refractivity contribution is 6.11. The number of likely N-dealkylation sites (N-methyl/N-ethyl adjacent to an activating group) is 1.